The second-order valence-corrected chi connectivity index (χ2v) is 13.9. The molecule has 1 fully saturated rings. The van der Waals surface area contributed by atoms with Crippen LogP contribution in [0.1, 0.15) is 66.1 Å². The Hall–Kier alpha value is -5.01. The molecular weight excluding hydrogens is 623 g/mol. The van der Waals surface area contributed by atoms with Gasteiger partial charge >= 0.3 is 18.3 Å². The van der Waals surface area contributed by atoms with E-state index in [9.17, 15) is 19.2 Å². The number of nitrogens with one attached hydrogen (secondary N) is 2. The van der Waals surface area contributed by atoms with Crippen LogP contribution < -0.4 is 15.5 Å². The number of carbonyl (C=O) groups excluding carboxylic acids is 4. The summed E-state index contributed by atoms with van der Waals surface area (Å²) in [5.74, 6) is -0.751. The smallest absolute Gasteiger partial charge is 0.414 e. The fourth-order valence-corrected chi connectivity index (χ4v) is 5.59. The molecule has 2 aliphatic rings. The number of likely N-dealkylation sites (tertiary alicyclic amines) is 1. The van der Waals surface area contributed by atoms with Gasteiger partial charge in [0.1, 0.15) is 23.1 Å². The van der Waals surface area contributed by atoms with Crippen molar-refractivity contribution in [3.63, 3.8) is 0 Å². The van der Waals surface area contributed by atoms with Crippen LogP contribution in [0.5, 0.6) is 0 Å². The van der Waals surface area contributed by atoms with Crippen LogP contribution in [0.2, 0.25) is 0 Å². The van der Waals surface area contributed by atoms with Crippen LogP contribution in [0, 0.1) is 12.7 Å². The van der Waals surface area contributed by atoms with Gasteiger partial charge in [-0.1, -0.05) is 0 Å². The van der Waals surface area contributed by atoms with E-state index in [4.69, 9.17) is 14.2 Å². The molecule has 0 bridgehead atoms. The van der Waals surface area contributed by atoms with Gasteiger partial charge in [-0.2, -0.15) is 0 Å². The molecule has 0 spiro atoms. The number of hydrogen-bond donors (Lipinski definition) is 2. The third kappa shape index (κ3) is 7.58. The highest BCUT2D eigenvalue weighted by molar-refractivity contribution is 6.04. The predicted octanol–water partition coefficient (Wildman–Crippen LogP) is 6.56. The number of fused-ring (bicyclic) bond motifs is 2. The fraction of sp³-hybridized carbons (Fsp3) is 0.471. The van der Waals surface area contributed by atoms with Crippen molar-refractivity contribution in [1.29, 1.82) is 0 Å². The maximum absolute atomic E-state index is 16.6. The Morgan fingerprint density at radius 1 is 0.917 bits per heavy atom. The SMILES string of the molecule is CC(=O)N1CC(OC(=O)Nc2cc3cc(-c4cnc5c(c4C)N(C(=O)OC(C)(C)C)CCC5)c(F)c(NC(=O)OC(C)(C)C)c3cn2)C1. The first-order chi connectivity index (χ1) is 22.4. The van der Waals surface area contributed by atoms with E-state index >= 15 is 4.39 Å². The van der Waals surface area contributed by atoms with Crippen molar-refractivity contribution < 1.29 is 37.8 Å². The minimum Gasteiger partial charge on any atom is -0.444 e. The molecule has 0 saturated carbocycles. The first-order valence-corrected chi connectivity index (χ1v) is 15.7. The number of aryl methyl sites for hydroxylation is 1. The molecule has 48 heavy (non-hydrogen) atoms. The van der Waals surface area contributed by atoms with Gasteiger partial charge in [-0.25, -0.2) is 23.8 Å². The molecule has 0 atom stereocenters. The maximum Gasteiger partial charge on any atom is 0.414 e. The third-order valence-corrected chi connectivity index (χ3v) is 7.74. The van der Waals surface area contributed by atoms with Gasteiger partial charge in [-0.15, -0.1) is 0 Å². The zero-order valence-corrected chi connectivity index (χ0v) is 28.4. The number of pyridine rings is 2. The van der Waals surface area contributed by atoms with Crippen molar-refractivity contribution in [1.82, 2.24) is 14.9 Å². The van der Waals surface area contributed by atoms with Gasteiger partial charge in [0, 0.05) is 42.4 Å². The Morgan fingerprint density at radius 2 is 1.60 bits per heavy atom. The summed E-state index contributed by atoms with van der Waals surface area (Å²) in [6, 6.07) is 3.09. The predicted molar refractivity (Wildman–Crippen MR) is 178 cm³/mol. The molecule has 0 unspecified atom stereocenters. The lowest BCUT2D eigenvalue weighted by Crippen LogP contribution is -2.54. The first kappa shape index (κ1) is 34.3. The van der Waals surface area contributed by atoms with Crippen LogP contribution >= 0.6 is 0 Å². The second kappa shape index (κ2) is 12.9. The average molecular weight is 665 g/mol. The molecule has 4 heterocycles. The Balaban J connectivity index is 1.55. The van der Waals surface area contributed by atoms with Crippen molar-refractivity contribution in [2.24, 2.45) is 0 Å². The molecule has 13 nitrogen and oxygen atoms in total. The van der Waals surface area contributed by atoms with Gasteiger partial charge in [-0.3, -0.25) is 25.3 Å². The van der Waals surface area contributed by atoms with Gasteiger partial charge in [0.2, 0.25) is 5.91 Å². The summed E-state index contributed by atoms with van der Waals surface area (Å²) in [5.41, 5.74) is 0.564. The zero-order chi connectivity index (χ0) is 35.1. The minimum absolute atomic E-state index is 0.0922. The number of anilines is 3. The first-order valence-electron chi connectivity index (χ1n) is 15.7. The van der Waals surface area contributed by atoms with Gasteiger partial charge in [0.15, 0.2) is 5.82 Å². The zero-order valence-electron chi connectivity index (χ0n) is 28.4. The number of ether oxygens (including phenoxy) is 3. The Kier molecular flexibility index (Phi) is 9.22. The summed E-state index contributed by atoms with van der Waals surface area (Å²) >= 11 is 0. The number of amides is 4. The van der Waals surface area contributed by atoms with Crippen LogP contribution in [0.4, 0.5) is 36.0 Å². The molecule has 0 aliphatic carbocycles. The lowest BCUT2D eigenvalue weighted by molar-refractivity contribution is -0.138. The van der Waals surface area contributed by atoms with Crippen LogP contribution in [0.3, 0.4) is 0 Å². The quantitative estimate of drug-likeness (QED) is 0.296. The number of carbonyl (C=O) groups is 4. The minimum atomic E-state index is -0.873. The number of benzene rings is 1. The average Bonchev–Trinajstić information content (AvgIpc) is 2.94. The van der Waals surface area contributed by atoms with Gasteiger partial charge in [-0.05, 0) is 84.4 Å². The Morgan fingerprint density at radius 3 is 2.25 bits per heavy atom. The molecule has 2 aromatic heterocycles. The maximum atomic E-state index is 16.6. The lowest BCUT2D eigenvalue weighted by Gasteiger charge is -2.37. The number of rotatable bonds is 4. The standard InChI is InChI=1S/C34H41FN6O7/c1-18-23(14-36-25-10-9-11-41(29(18)25)32(45)48-34(6,7)8)22-12-20-13-26(38-30(43)46-21-16-40(17-21)19(2)42)37-15-24(20)28(27(22)35)39-31(44)47-33(3,4)5/h12-15,21H,9-11,16-17H2,1-8H3,(H,39,44)(H,37,38,43). The molecule has 5 rings (SSSR count). The lowest BCUT2D eigenvalue weighted by atomic mass is 9.94. The van der Waals surface area contributed by atoms with Gasteiger partial charge in [0.25, 0.3) is 0 Å². The van der Waals surface area contributed by atoms with E-state index in [-0.39, 0.29) is 28.4 Å². The van der Waals surface area contributed by atoms with E-state index in [2.05, 4.69) is 20.6 Å². The highest BCUT2D eigenvalue weighted by atomic mass is 19.1. The van der Waals surface area contributed by atoms with E-state index in [0.717, 1.165) is 0 Å². The summed E-state index contributed by atoms with van der Waals surface area (Å²) in [4.78, 5) is 62.1. The summed E-state index contributed by atoms with van der Waals surface area (Å²) in [7, 11) is 0. The van der Waals surface area contributed by atoms with E-state index in [0.29, 0.717) is 60.4 Å². The van der Waals surface area contributed by atoms with E-state index < -0.39 is 41.4 Å². The normalized spacial score (nSPS) is 14.9. The summed E-state index contributed by atoms with van der Waals surface area (Å²) < 4.78 is 33.1. The summed E-state index contributed by atoms with van der Waals surface area (Å²) in [6.45, 7) is 14.7. The van der Waals surface area contributed by atoms with Crippen molar-refractivity contribution >= 4 is 52.2 Å². The van der Waals surface area contributed by atoms with E-state index in [1.54, 1.807) is 65.6 Å². The molecule has 4 amide bonds. The highest BCUT2D eigenvalue weighted by Crippen LogP contribution is 2.41. The molecule has 3 aromatic rings. The molecule has 1 aromatic carbocycles. The molecule has 2 N–H and O–H groups in total. The summed E-state index contributed by atoms with van der Waals surface area (Å²) in [5, 5.41) is 5.80. The monoisotopic (exact) mass is 664 g/mol. The Labute approximate surface area is 278 Å². The highest BCUT2D eigenvalue weighted by Gasteiger charge is 2.33. The largest absolute Gasteiger partial charge is 0.444 e. The van der Waals surface area contributed by atoms with Gasteiger partial charge in [0.05, 0.1) is 30.2 Å². The molecule has 14 heteroatoms. The molecule has 1 saturated heterocycles. The molecule has 0 radical (unpaired) electrons. The number of aromatic nitrogens is 2. The summed E-state index contributed by atoms with van der Waals surface area (Å²) in [6.07, 6.45) is 1.59. The van der Waals surface area contributed by atoms with Crippen LogP contribution in [0.15, 0.2) is 24.5 Å². The molecule has 256 valence electrons. The Bertz CT molecular complexity index is 1790. The van der Waals surface area contributed by atoms with Crippen molar-refractivity contribution in [3.05, 3.63) is 41.6 Å². The van der Waals surface area contributed by atoms with Crippen LogP contribution in [-0.2, 0) is 25.4 Å². The fourth-order valence-electron chi connectivity index (χ4n) is 5.59. The molecule has 2 aliphatic heterocycles. The van der Waals surface area contributed by atoms with Gasteiger partial charge < -0.3 is 19.1 Å². The number of halogens is 1. The topological polar surface area (TPSA) is 152 Å². The second-order valence-electron chi connectivity index (χ2n) is 13.9. The molecular formula is C34H41FN6O7. The van der Waals surface area contributed by atoms with E-state index in [1.165, 1.54) is 24.1 Å². The number of hydrogen-bond acceptors (Lipinski definition) is 9. The van der Waals surface area contributed by atoms with E-state index in [1.807, 2.05) is 0 Å². The van der Waals surface area contributed by atoms with Crippen LogP contribution in [0.25, 0.3) is 21.9 Å². The third-order valence-electron chi connectivity index (χ3n) is 7.74. The van der Waals surface area contributed by atoms with Crippen molar-refractivity contribution in [3.8, 4) is 11.1 Å². The number of nitrogens with zero attached hydrogens (tertiary/aromatic N) is 4. The van der Waals surface area contributed by atoms with Crippen molar-refractivity contribution in [2.45, 2.75) is 85.5 Å². The van der Waals surface area contributed by atoms with Crippen LogP contribution in [-0.4, -0.2) is 76.0 Å². The van der Waals surface area contributed by atoms with Crippen molar-refractivity contribution in [2.75, 3.05) is 35.2 Å².